The van der Waals surface area contributed by atoms with Gasteiger partial charge < -0.3 is 10.1 Å². The molecule has 1 heterocycles. The monoisotopic (exact) mass is 223 g/mol. The van der Waals surface area contributed by atoms with E-state index in [0.717, 1.165) is 6.26 Å². The van der Waals surface area contributed by atoms with Crippen molar-refractivity contribution in [2.24, 2.45) is 0 Å². The minimum atomic E-state index is -3.46. The van der Waals surface area contributed by atoms with Crippen molar-refractivity contribution in [3.05, 3.63) is 0 Å². The number of rotatable bonds is 3. The van der Waals surface area contributed by atoms with E-state index in [9.17, 15) is 13.2 Å². The average molecular weight is 223 g/mol. The van der Waals surface area contributed by atoms with Crippen LogP contribution in [0.1, 0.15) is 6.42 Å². The zero-order chi connectivity index (χ0) is 10.8. The molecule has 2 atom stereocenters. The SMILES string of the molecule is COC(=O)[C@@H]1C[C@@H](OS(C)(=O)=O)CN1. The molecule has 0 radical (unpaired) electrons. The molecule has 1 N–H and O–H groups in total. The predicted octanol–water partition coefficient (Wildman–Crippen LogP) is -1.13. The molecule has 0 bridgehead atoms. The van der Waals surface area contributed by atoms with Gasteiger partial charge in [0, 0.05) is 13.0 Å². The van der Waals surface area contributed by atoms with Crippen LogP contribution < -0.4 is 5.32 Å². The lowest BCUT2D eigenvalue weighted by Crippen LogP contribution is -2.31. The Morgan fingerprint density at radius 3 is 2.64 bits per heavy atom. The van der Waals surface area contributed by atoms with Gasteiger partial charge in [-0.1, -0.05) is 0 Å². The summed E-state index contributed by atoms with van der Waals surface area (Å²) < 4.78 is 30.8. The van der Waals surface area contributed by atoms with Crippen molar-refractivity contribution in [1.82, 2.24) is 5.32 Å². The van der Waals surface area contributed by atoms with E-state index in [1.807, 2.05) is 0 Å². The van der Waals surface area contributed by atoms with Crippen LogP contribution in [0.15, 0.2) is 0 Å². The Bertz CT molecular complexity index is 312. The molecule has 1 aliphatic heterocycles. The number of methoxy groups -OCH3 is 1. The molecular formula is C7H13NO5S. The molecule has 0 aromatic carbocycles. The van der Waals surface area contributed by atoms with E-state index in [1.165, 1.54) is 7.11 Å². The number of hydrogen-bond donors (Lipinski definition) is 1. The molecule has 0 aliphatic carbocycles. The largest absolute Gasteiger partial charge is 0.468 e. The molecule has 0 amide bonds. The molecule has 0 aromatic rings. The average Bonchev–Trinajstić information content (AvgIpc) is 2.48. The summed E-state index contributed by atoms with van der Waals surface area (Å²) in [7, 11) is -2.17. The standard InChI is InChI=1S/C7H13NO5S/c1-12-7(9)6-3-5(4-8-6)13-14(2,10)11/h5-6,8H,3-4H2,1-2H3/t5-,6+/m1/s1. The van der Waals surface area contributed by atoms with Crippen LogP contribution in [0, 0.1) is 0 Å². The maximum atomic E-state index is 11.0. The van der Waals surface area contributed by atoms with E-state index in [0.29, 0.717) is 13.0 Å². The van der Waals surface area contributed by atoms with Gasteiger partial charge in [0.15, 0.2) is 0 Å². The Morgan fingerprint density at radius 2 is 2.14 bits per heavy atom. The number of hydrogen-bond acceptors (Lipinski definition) is 6. The van der Waals surface area contributed by atoms with Crippen LogP contribution in [0.4, 0.5) is 0 Å². The van der Waals surface area contributed by atoms with Crippen molar-refractivity contribution in [3.63, 3.8) is 0 Å². The summed E-state index contributed by atoms with van der Waals surface area (Å²) in [6.45, 7) is 0.340. The minimum absolute atomic E-state index is 0.319. The van der Waals surface area contributed by atoms with Gasteiger partial charge in [-0.05, 0) is 0 Å². The highest BCUT2D eigenvalue weighted by Crippen LogP contribution is 2.13. The van der Waals surface area contributed by atoms with Gasteiger partial charge in [0.2, 0.25) is 0 Å². The van der Waals surface area contributed by atoms with Crippen molar-refractivity contribution < 1.29 is 22.1 Å². The van der Waals surface area contributed by atoms with Gasteiger partial charge in [-0.15, -0.1) is 0 Å². The first-order valence-electron chi connectivity index (χ1n) is 4.12. The van der Waals surface area contributed by atoms with Gasteiger partial charge in [-0.25, -0.2) is 0 Å². The van der Waals surface area contributed by atoms with Gasteiger partial charge in [0.25, 0.3) is 10.1 Å². The first kappa shape index (κ1) is 11.4. The van der Waals surface area contributed by atoms with E-state index in [1.54, 1.807) is 0 Å². The zero-order valence-electron chi connectivity index (χ0n) is 8.02. The number of carbonyl (C=O) groups is 1. The summed E-state index contributed by atoms with van der Waals surface area (Å²) in [6, 6.07) is -0.466. The summed E-state index contributed by atoms with van der Waals surface area (Å²) in [4.78, 5) is 11.0. The van der Waals surface area contributed by atoms with Gasteiger partial charge in [0.1, 0.15) is 6.04 Å². The quantitative estimate of drug-likeness (QED) is 0.481. The summed E-state index contributed by atoms with van der Waals surface area (Å²) in [5.41, 5.74) is 0. The number of esters is 1. The smallest absolute Gasteiger partial charge is 0.322 e. The number of ether oxygens (including phenoxy) is 1. The molecule has 14 heavy (non-hydrogen) atoms. The summed E-state index contributed by atoms with van der Waals surface area (Å²) in [6.07, 6.45) is 0.826. The first-order chi connectivity index (χ1) is 6.42. The van der Waals surface area contributed by atoms with Crippen LogP contribution in [-0.2, 0) is 23.8 Å². The normalized spacial score (nSPS) is 27.6. The van der Waals surface area contributed by atoms with Crippen LogP contribution in [0.5, 0.6) is 0 Å². The van der Waals surface area contributed by atoms with E-state index in [4.69, 9.17) is 4.18 Å². The third-order valence-electron chi connectivity index (χ3n) is 1.89. The van der Waals surface area contributed by atoms with Gasteiger partial charge in [-0.2, -0.15) is 8.42 Å². The third-order valence-corrected chi connectivity index (χ3v) is 2.51. The maximum absolute atomic E-state index is 11.0. The van der Waals surface area contributed by atoms with Gasteiger partial charge in [0.05, 0.1) is 19.5 Å². The predicted molar refractivity (Wildman–Crippen MR) is 48.1 cm³/mol. The van der Waals surface area contributed by atoms with E-state index >= 15 is 0 Å². The van der Waals surface area contributed by atoms with Crippen LogP contribution in [0.2, 0.25) is 0 Å². The Morgan fingerprint density at radius 1 is 1.50 bits per heavy atom. The van der Waals surface area contributed by atoms with Crippen LogP contribution >= 0.6 is 0 Å². The van der Waals surface area contributed by atoms with Gasteiger partial charge >= 0.3 is 5.97 Å². The number of nitrogens with one attached hydrogen (secondary N) is 1. The highest BCUT2D eigenvalue weighted by molar-refractivity contribution is 7.86. The summed E-state index contributed by atoms with van der Waals surface area (Å²) in [5, 5.41) is 2.82. The van der Waals surface area contributed by atoms with Crippen molar-refractivity contribution in [3.8, 4) is 0 Å². The van der Waals surface area contributed by atoms with E-state index in [2.05, 4.69) is 10.1 Å². The second kappa shape index (κ2) is 4.24. The molecule has 1 rings (SSSR count). The fraction of sp³-hybridized carbons (Fsp3) is 0.857. The lowest BCUT2D eigenvalue weighted by atomic mass is 10.2. The molecule has 0 spiro atoms. The molecule has 0 aromatic heterocycles. The molecule has 82 valence electrons. The fourth-order valence-electron chi connectivity index (χ4n) is 1.35. The Hall–Kier alpha value is -0.660. The van der Waals surface area contributed by atoms with Crippen molar-refractivity contribution in [2.75, 3.05) is 19.9 Å². The highest BCUT2D eigenvalue weighted by Gasteiger charge is 2.32. The summed E-state index contributed by atoms with van der Waals surface area (Å²) in [5.74, 6) is -0.399. The van der Waals surface area contributed by atoms with Crippen molar-refractivity contribution in [1.29, 1.82) is 0 Å². The fourth-order valence-corrected chi connectivity index (χ4v) is 1.99. The lowest BCUT2D eigenvalue weighted by Gasteiger charge is -2.08. The highest BCUT2D eigenvalue weighted by atomic mass is 32.2. The van der Waals surface area contributed by atoms with Crippen molar-refractivity contribution >= 4 is 16.1 Å². The number of carbonyl (C=O) groups excluding carboxylic acids is 1. The molecule has 6 nitrogen and oxygen atoms in total. The molecule has 7 heteroatoms. The van der Waals surface area contributed by atoms with Crippen molar-refractivity contribution in [2.45, 2.75) is 18.6 Å². The molecule has 1 saturated heterocycles. The molecule has 0 saturated carbocycles. The Balaban J connectivity index is 2.46. The molecule has 1 aliphatic rings. The second-order valence-corrected chi connectivity index (χ2v) is 4.74. The first-order valence-corrected chi connectivity index (χ1v) is 5.93. The van der Waals surface area contributed by atoms with Gasteiger partial charge in [-0.3, -0.25) is 8.98 Å². The van der Waals surface area contributed by atoms with Crippen LogP contribution in [-0.4, -0.2) is 46.4 Å². The molecule has 1 fully saturated rings. The molecule has 0 unspecified atom stereocenters. The minimum Gasteiger partial charge on any atom is -0.468 e. The Labute approximate surface area is 82.7 Å². The van der Waals surface area contributed by atoms with E-state index in [-0.39, 0.29) is 0 Å². The third kappa shape index (κ3) is 3.24. The van der Waals surface area contributed by atoms with Crippen LogP contribution in [0.25, 0.3) is 0 Å². The summed E-state index contributed by atoms with van der Waals surface area (Å²) >= 11 is 0. The zero-order valence-corrected chi connectivity index (χ0v) is 8.83. The maximum Gasteiger partial charge on any atom is 0.322 e. The lowest BCUT2D eigenvalue weighted by molar-refractivity contribution is -0.142. The topological polar surface area (TPSA) is 81.7 Å². The molecular weight excluding hydrogens is 210 g/mol. The second-order valence-electron chi connectivity index (χ2n) is 3.14. The van der Waals surface area contributed by atoms with Crippen LogP contribution in [0.3, 0.4) is 0 Å². The Kier molecular flexibility index (Phi) is 3.46. The van der Waals surface area contributed by atoms with E-state index < -0.39 is 28.2 Å².